The predicted octanol–water partition coefficient (Wildman–Crippen LogP) is 2.53. The van der Waals surface area contributed by atoms with E-state index in [2.05, 4.69) is 31.9 Å². The smallest absolute Gasteiger partial charge is 0.337 e. The summed E-state index contributed by atoms with van der Waals surface area (Å²) in [5.74, 6) is -1.44. The minimum absolute atomic E-state index is 0.109. The van der Waals surface area contributed by atoms with Crippen molar-refractivity contribution in [3.05, 3.63) is 33.8 Å². The number of hydrogen-bond donors (Lipinski definition) is 2. The molecule has 0 aliphatic rings. The summed E-state index contributed by atoms with van der Waals surface area (Å²) >= 11 is 6.31. The fraction of sp³-hybridized carbons (Fsp3) is 0.273. The third-order valence-electron chi connectivity index (χ3n) is 2.17. The predicted molar refractivity (Wildman–Crippen MR) is 69.5 cm³/mol. The van der Waals surface area contributed by atoms with E-state index in [0.717, 1.165) is 0 Å². The molecule has 0 heterocycles. The molecule has 0 aliphatic heterocycles. The first-order valence-electron chi connectivity index (χ1n) is 4.73. The molecule has 4 nitrogen and oxygen atoms in total. The average Bonchev–Trinajstić information content (AvgIpc) is 2.26. The third-order valence-corrected chi connectivity index (χ3v) is 3.28. The summed E-state index contributed by atoms with van der Waals surface area (Å²) in [5.41, 5.74) is 0.666. The number of carbonyl (C=O) groups is 2. The van der Waals surface area contributed by atoms with E-state index < -0.39 is 12.1 Å². The Morgan fingerprint density at radius 1 is 1.35 bits per heavy atom. The number of Topliss-reactive ketones (excluding diaryl/α,β-unsaturated/α-hetero) is 1. The van der Waals surface area contributed by atoms with Crippen molar-refractivity contribution in [3.63, 3.8) is 0 Å². The zero-order chi connectivity index (χ0) is 13.2. The molecule has 2 atom stereocenters. The first kappa shape index (κ1) is 14.3. The van der Waals surface area contributed by atoms with Gasteiger partial charge in [0.15, 0.2) is 11.9 Å². The lowest BCUT2D eigenvalue weighted by molar-refractivity contribution is -0.147. The molecule has 2 unspecified atom stereocenters. The molecule has 2 N–H and O–H groups in total. The quantitative estimate of drug-likeness (QED) is 0.635. The van der Waals surface area contributed by atoms with E-state index in [9.17, 15) is 14.7 Å². The van der Waals surface area contributed by atoms with Gasteiger partial charge in [-0.15, -0.1) is 0 Å². The average molecular weight is 366 g/mol. The maximum Gasteiger partial charge on any atom is 0.337 e. The summed E-state index contributed by atoms with van der Waals surface area (Å²) < 4.78 is 0.395. The zero-order valence-corrected chi connectivity index (χ0v) is 12.0. The van der Waals surface area contributed by atoms with Crippen LogP contribution < -0.4 is 0 Å². The van der Waals surface area contributed by atoms with Gasteiger partial charge in [0, 0.05) is 15.6 Å². The number of carbonyl (C=O) groups excluding carboxylic acids is 1. The molecule has 1 aromatic carbocycles. The van der Waals surface area contributed by atoms with Crippen LogP contribution in [-0.4, -0.2) is 26.8 Å². The second-order valence-electron chi connectivity index (χ2n) is 3.46. The van der Waals surface area contributed by atoms with Crippen LogP contribution in [0.15, 0.2) is 22.7 Å². The topological polar surface area (TPSA) is 74.6 Å². The molecule has 0 fully saturated rings. The first-order valence-corrected chi connectivity index (χ1v) is 6.44. The van der Waals surface area contributed by atoms with Gasteiger partial charge in [-0.05, 0) is 13.0 Å². The Bertz CT molecular complexity index is 457. The maximum atomic E-state index is 11.7. The van der Waals surface area contributed by atoms with Crippen molar-refractivity contribution < 1.29 is 19.8 Å². The van der Waals surface area contributed by atoms with Gasteiger partial charge in [-0.1, -0.05) is 44.0 Å². The highest BCUT2D eigenvalue weighted by Gasteiger charge is 2.20. The second kappa shape index (κ2) is 5.75. The molecule has 0 amide bonds. The monoisotopic (exact) mass is 364 g/mol. The summed E-state index contributed by atoms with van der Waals surface area (Å²) in [6.07, 6.45) is -1.60. The van der Waals surface area contributed by atoms with E-state index in [1.165, 1.54) is 18.2 Å². The van der Waals surface area contributed by atoms with Crippen LogP contribution in [0.1, 0.15) is 28.9 Å². The summed E-state index contributed by atoms with van der Waals surface area (Å²) in [6, 6.07) is 4.42. The highest BCUT2D eigenvalue weighted by molar-refractivity contribution is 9.10. The normalized spacial score (nSPS) is 14.1. The summed E-state index contributed by atoms with van der Waals surface area (Å²) in [7, 11) is 0. The van der Waals surface area contributed by atoms with Crippen LogP contribution in [0.2, 0.25) is 0 Å². The van der Waals surface area contributed by atoms with Crippen LogP contribution in [0.3, 0.4) is 0 Å². The highest BCUT2D eigenvalue weighted by atomic mass is 79.9. The van der Waals surface area contributed by atoms with Gasteiger partial charge in [0.25, 0.3) is 0 Å². The van der Waals surface area contributed by atoms with Crippen LogP contribution in [0.25, 0.3) is 0 Å². The molecule has 0 saturated heterocycles. The largest absolute Gasteiger partial charge is 0.479 e. The molecule has 0 saturated carbocycles. The Morgan fingerprint density at radius 3 is 2.35 bits per heavy atom. The van der Waals surface area contributed by atoms with Gasteiger partial charge < -0.3 is 10.2 Å². The lowest BCUT2D eigenvalue weighted by atomic mass is 10.0. The standard InChI is InChI=1S/C11H10Br2O4/c1-5(12)9(14)6-2-3-7(8(13)4-6)10(15)11(16)17/h2-5,10,15H,1H3,(H,16,17). The Balaban J connectivity index is 3.10. The highest BCUT2D eigenvalue weighted by Crippen LogP contribution is 2.26. The SMILES string of the molecule is CC(Br)C(=O)c1ccc(C(O)C(=O)O)c(Br)c1. The Labute approximate surface area is 115 Å². The molecular formula is C11H10Br2O4. The molecule has 0 radical (unpaired) electrons. The minimum atomic E-state index is -1.60. The number of rotatable bonds is 4. The molecule has 92 valence electrons. The number of halogens is 2. The van der Waals surface area contributed by atoms with E-state index >= 15 is 0 Å². The van der Waals surface area contributed by atoms with Gasteiger partial charge >= 0.3 is 5.97 Å². The molecular weight excluding hydrogens is 356 g/mol. The minimum Gasteiger partial charge on any atom is -0.479 e. The van der Waals surface area contributed by atoms with Gasteiger partial charge in [0.05, 0.1) is 4.83 Å². The number of alkyl halides is 1. The van der Waals surface area contributed by atoms with Crippen molar-refractivity contribution in [2.45, 2.75) is 17.9 Å². The lowest BCUT2D eigenvalue weighted by Crippen LogP contribution is -2.13. The number of carboxylic acid groups (broad SMARTS) is 1. The van der Waals surface area contributed by atoms with Crippen molar-refractivity contribution >= 4 is 43.6 Å². The van der Waals surface area contributed by atoms with Gasteiger partial charge in [0.2, 0.25) is 0 Å². The van der Waals surface area contributed by atoms with E-state index in [1.807, 2.05) is 0 Å². The molecule has 0 aliphatic carbocycles. The number of benzene rings is 1. The van der Waals surface area contributed by atoms with Crippen LogP contribution in [0.4, 0.5) is 0 Å². The fourth-order valence-electron chi connectivity index (χ4n) is 1.26. The number of aliphatic hydroxyl groups excluding tert-OH is 1. The van der Waals surface area contributed by atoms with Crippen molar-refractivity contribution in [3.8, 4) is 0 Å². The first-order chi connectivity index (χ1) is 7.84. The molecule has 0 aromatic heterocycles. The summed E-state index contributed by atoms with van der Waals surface area (Å²) in [5, 5.41) is 18.1. The fourth-order valence-corrected chi connectivity index (χ4v) is 2.12. The number of aliphatic carboxylic acids is 1. The number of aliphatic hydroxyl groups is 1. The lowest BCUT2D eigenvalue weighted by Gasteiger charge is -2.10. The number of ketones is 1. The van der Waals surface area contributed by atoms with Crippen LogP contribution >= 0.6 is 31.9 Å². The van der Waals surface area contributed by atoms with Gasteiger partial charge in [0.1, 0.15) is 0 Å². The van der Waals surface area contributed by atoms with E-state index in [4.69, 9.17) is 5.11 Å². The molecule has 17 heavy (non-hydrogen) atoms. The zero-order valence-electron chi connectivity index (χ0n) is 8.85. The Morgan fingerprint density at radius 2 is 1.94 bits per heavy atom. The Hall–Kier alpha value is -0.720. The van der Waals surface area contributed by atoms with Crippen LogP contribution in [0, 0.1) is 0 Å². The van der Waals surface area contributed by atoms with E-state index in [0.29, 0.717) is 10.0 Å². The molecule has 0 bridgehead atoms. The summed E-state index contributed by atoms with van der Waals surface area (Å²) in [4.78, 5) is 22.0. The molecule has 1 aromatic rings. The van der Waals surface area contributed by atoms with Crippen molar-refractivity contribution in [1.29, 1.82) is 0 Å². The molecule has 6 heteroatoms. The number of hydrogen-bond acceptors (Lipinski definition) is 3. The van der Waals surface area contributed by atoms with Crippen LogP contribution in [-0.2, 0) is 4.79 Å². The Kier molecular flexibility index (Phi) is 4.85. The third kappa shape index (κ3) is 3.37. The number of carboxylic acids is 1. The van der Waals surface area contributed by atoms with Crippen molar-refractivity contribution in [2.75, 3.05) is 0 Å². The van der Waals surface area contributed by atoms with Crippen molar-refractivity contribution in [1.82, 2.24) is 0 Å². The van der Waals surface area contributed by atoms with Gasteiger partial charge in [-0.25, -0.2) is 4.79 Å². The van der Waals surface area contributed by atoms with Crippen LogP contribution in [0.5, 0.6) is 0 Å². The molecule has 1 rings (SSSR count). The summed E-state index contributed by atoms with van der Waals surface area (Å²) in [6.45, 7) is 1.70. The van der Waals surface area contributed by atoms with Crippen molar-refractivity contribution in [2.24, 2.45) is 0 Å². The maximum absolute atomic E-state index is 11.7. The van der Waals surface area contributed by atoms with Gasteiger partial charge in [-0.2, -0.15) is 0 Å². The molecule has 0 spiro atoms. The van der Waals surface area contributed by atoms with Gasteiger partial charge in [-0.3, -0.25) is 4.79 Å². The second-order valence-corrected chi connectivity index (χ2v) is 5.69. The van der Waals surface area contributed by atoms with E-state index in [-0.39, 0.29) is 16.2 Å². The van der Waals surface area contributed by atoms with E-state index in [1.54, 1.807) is 6.92 Å².